The first-order chi connectivity index (χ1) is 9.08. The van der Waals surface area contributed by atoms with Gasteiger partial charge in [-0.3, -0.25) is 4.99 Å². The highest BCUT2D eigenvalue weighted by Gasteiger charge is 2.11. The first-order valence-electron chi connectivity index (χ1n) is 5.99. The molecular weight excluding hydrogens is 412 g/mol. The van der Waals surface area contributed by atoms with Crippen molar-refractivity contribution >= 4 is 53.1 Å². The van der Waals surface area contributed by atoms with Gasteiger partial charge in [-0.05, 0) is 24.6 Å². The Morgan fingerprint density at radius 2 is 2.10 bits per heavy atom. The van der Waals surface area contributed by atoms with Crippen molar-refractivity contribution in [3.05, 3.63) is 33.8 Å². The van der Waals surface area contributed by atoms with E-state index in [1.54, 1.807) is 20.2 Å². The lowest BCUT2D eigenvalue weighted by Gasteiger charge is -2.19. The van der Waals surface area contributed by atoms with Crippen molar-refractivity contribution < 1.29 is 4.74 Å². The van der Waals surface area contributed by atoms with Crippen molar-refractivity contribution in [2.45, 2.75) is 13.0 Å². The van der Waals surface area contributed by atoms with Gasteiger partial charge in [0.15, 0.2) is 5.96 Å². The molecule has 1 aromatic carbocycles. The Labute approximate surface area is 147 Å². The van der Waals surface area contributed by atoms with Crippen molar-refractivity contribution in [1.82, 2.24) is 10.6 Å². The van der Waals surface area contributed by atoms with Crippen LogP contribution in [0, 0.1) is 0 Å². The number of hydrogen-bond acceptors (Lipinski definition) is 2. The summed E-state index contributed by atoms with van der Waals surface area (Å²) in [5.74, 6) is 0.704. The van der Waals surface area contributed by atoms with Crippen LogP contribution in [0.3, 0.4) is 0 Å². The fourth-order valence-electron chi connectivity index (χ4n) is 1.60. The highest BCUT2D eigenvalue weighted by molar-refractivity contribution is 14.0. The highest BCUT2D eigenvalue weighted by Crippen LogP contribution is 2.25. The van der Waals surface area contributed by atoms with Gasteiger partial charge in [-0.2, -0.15) is 0 Å². The molecule has 0 saturated carbocycles. The Bertz CT molecular complexity index is 444. The lowest BCUT2D eigenvalue weighted by Crippen LogP contribution is -2.40. The van der Waals surface area contributed by atoms with E-state index in [1.807, 2.05) is 19.1 Å². The molecule has 0 amide bonds. The Morgan fingerprint density at radius 3 is 2.65 bits per heavy atom. The molecule has 0 aliphatic rings. The number of benzene rings is 1. The van der Waals surface area contributed by atoms with Crippen LogP contribution in [0.1, 0.15) is 18.5 Å². The minimum Gasteiger partial charge on any atom is -0.383 e. The normalized spacial score (nSPS) is 12.6. The maximum Gasteiger partial charge on any atom is 0.191 e. The molecule has 0 aliphatic heterocycles. The average Bonchev–Trinajstić information content (AvgIpc) is 2.37. The van der Waals surface area contributed by atoms with Crippen LogP contribution in [0.4, 0.5) is 0 Å². The lowest BCUT2D eigenvalue weighted by molar-refractivity contribution is 0.203. The standard InChI is InChI=1S/C13H19Cl2N3O.HI/c1-9(11-5-4-10(14)8-12(11)15)18-13(16-2)17-6-7-19-3;/h4-5,8-9H,6-7H2,1-3H3,(H2,16,17,18);1H. The summed E-state index contributed by atoms with van der Waals surface area (Å²) in [5, 5.41) is 7.67. The maximum atomic E-state index is 6.17. The summed E-state index contributed by atoms with van der Waals surface area (Å²) in [4.78, 5) is 4.14. The molecule has 2 N–H and O–H groups in total. The molecule has 1 rings (SSSR count). The van der Waals surface area contributed by atoms with Gasteiger partial charge in [0.1, 0.15) is 0 Å². The van der Waals surface area contributed by atoms with E-state index in [-0.39, 0.29) is 30.0 Å². The second-order valence-corrected chi connectivity index (χ2v) is 4.87. The SMILES string of the molecule is CN=C(NCCOC)NC(C)c1ccc(Cl)cc1Cl.I. The minimum absolute atomic E-state index is 0. The van der Waals surface area contributed by atoms with Gasteiger partial charge in [-0.1, -0.05) is 29.3 Å². The van der Waals surface area contributed by atoms with E-state index < -0.39 is 0 Å². The number of halogens is 3. The summed E-state index contributed by atoms with van der Waals surface area (Å²) in [6, 6.07) is 5.49. The summed E-state index contributed by atoms with van der Waals surface area (Å²) >= 11 is 12.1. The molecule has 114 valence electrons. The van der Waals surface area contributed by atoms with Crippen molar-refractivity contribution in [2.24, 2.45) is 4.99 Å². The third-order valence-electron chi connectivity index (χ3n) is 2.60. The van der Waals surface area contributed by atoms with Crippen LogP contribution in [-0.4, -0.2) is 33.3 Å². The van der Waals surface area contributed by atoms with Gasteiger partial charge in [-0.15, -0.1) is 24.0 Å². The molecule has 7 heteroatoms. The predicted molar refractivity (Wildman–Crippen MR) is 96.7 cm³/mol. The summed E-state index contributed by atoms with van der Waals surface area (Å²) in [6.45, 7) is 3.33. The molecule has 0 radical (unpaired) electrons. The Morgan fingerprint density at radius 1 is 1.40 bits per heavy atom. The minimum atomic E-state index is 0. The fraction of sp³-hybridized carbons (Fsp3) is 0.462. The quantitative estimate of drug-likeness (QED) is 0.324. The highest BCUT2D eigenvalue weighted by atomic mass is 127. The molecule has 0 aromatic heterocycles. The molecule has 0 heterocycles. The fourth-order valence-corrected chi connectivity index (χ4v) is 2.17. The molecule has 0 fully saturated rings. The first kappa shape index (κ1) is 19.8. The summed E-state index contributed by atoms with van der Waals surface area (Å²) in [6.07, 6.45) is 0. The number of nitrogens with zero attached hydrogens (tertiary/aromatic N) is 1. The largest absolute Gasteiger partial charge is 0.383 e. The predicted octanol–water partition coefficient (Wildman–Crippen LogP) is 3.48. The Hall–Kier alpha value is -0.240. The van der Waals surface area contributed by atoms with Crippen LogP contribution in [0.5, 0.6) is 0 Å². The van der Waals surface area contributed by atoms with E-state index in [0.717, 1.165) is 5.56 Å². The van der Waals surface area contributed by atoms with Crippen LogP contribution < -0.4 is 10.6 Å². The summed E-state index contributed by atoms with van der Waals surface area (Å²) in [5.41, 5.74) is 0.973. The number of nitrogens with one attached hydrogen (secondary N) is 2. The number of ether oxygens (including phenoxy) is 1. The zero-order chi connectivity index (χ0) is 14.3. The molecule has 0 saturated heterocycles. The van der Waals surface area contributed by atoms with Gasteiger partial charge in [0.2, 0.25) is 0 Å². The van der Waals surface area contributed by atoms with Crippen LogP contribution in [0.25, 0.3) is 0 Å². The summed E-state index contributed by atoms with van der Waals surface area (Å²) in [7, 11) is 3.38. The first-order valence-corrected chi connectivity index (χ1v) is 6.75. The molecular formula is C13H20Cl2IN3O. The molecule has 20 heavy (non-hydrogen) atoms. The van der Waals surface area contributed by atoms with Gasteiger partial charge in [0.25, 0.3) is 0 Å². The van der Waals surface area contributed by atoms with Crippen LogP contribution in [-0.2, 0) is 4.74 Å². The number of guanidine groups is 1. The molecule has 1 atom stereocenters. The van der Waals surface area contributed by atoms with Gasteiger partial charge in [0, 0.05) is 30.7 Å². The molecule has 0 bridgehead atoms. The topological polar surface area (TPSA) is 45.7 Å². The van der Waals surface area contributed by atoms with E-state index in [4.69, 9.17) is 27.9 Å². The molecule has 0 aliphatic carbocycles. The van der Waals surface area contributed by atoms with E-state index in [1.165, 1.54) is 0 Å². The lowest BCUT2D eigenvalue weighted by atomic mass is 10.1. The van der Waals surface area contributed by atoms with Gasteiger partial charge < -0.3 is 15.4 Å². The van der Waals surface area contributed by atoms with Crippen LogP contribution in [0.15, 0.2) is 23.2 Å². The number of rotatable bonds is 5. The number of aliphatic imine (C=N–C) groups is 1. The second kappa shape index (κ2) is 10.5. The van der Waals surface area contributed by atoms with Gasteiger partial charge in [0.05, 0.1) is 12.6 Å². The third kappa shape index (κ3) is 6.47. The second-order valence-electron chi connectivity index (χ2n) is 4.02. The van der Waals surface area contributed by atoms with Crippen molar-refractivity contribution in [3.8, 4) is 0 Å². The zero-order valence-corrected chi connectivity index (χ0v) is 15.6. The van der Waals surface area contributed by atoms with Crippen LogP contribution in [0.2, 0.25) is 10.0 Å². The number of hydrogen-bond donors (Lipinski definition) is 2. The maximum absolute atomic E-state index is 6.17. The van der Waals surface area contributed by atoms with Crippen molar-refractivity contribution in [3.63, 3.8) is 0 Å². The third-order valence-corrected chi connectivity index (χ3v) is 3.17. The zero-order valence-electron chi connectivity index (χ0n) is 11.7. The van der Waals surface area contributed by atoms with E-state index in [9.17, 15) is 0 Å². The van der Waals surface area contributed by atoms with Gasteiger partial charge in [-0.25, -0.2) is 0 Å². The molecule has 1 aromatic rings. The van der Waals surface area contributed by atoms with Crippen molar-refractivity contribution in [1.29, 1.82) is 0 Å². The Kier molecular flexibility index (Phi) is 10.4. The van der Waals surface area contributed by atoms with Crippen molar-refractivity contribution in [2.75, 3.05) is 27.3 Å². The van der Waals surface area contributed by atoms with E-state index >= 15 is 0 Å². The molecule has 1 unspecified atom stereocenters. The summed E-state index contributed by atoms with van der Waals surface area (Å²) < 4.78 is 4.98. The Balaban J connectivity index is 0.00000361. The molecule has 4 nitrogen and oxygen atoms in total. The van der Waals surface area contributed by atoms with E-state index in [0.29, 0.717) is 29.2 Å². The number of methoxy groups -OCH3 is 1. The molecule has 0 spiro atoms. The average molecular weight is 432 g/mol. The van der Waals surface area contributed by atoms with E-state index in [2.05, 4.69) is 15.6 Å². The van der Waals surface area contributed by atoms with Crippen LogP contribution >= 0.6 is 47.2 Å². The van der Waals surface area contributed by atoms with Gasteiger partial charge >= 0.3 is 0 Å². The monoisotopic (exact) mass is 431 g/mol. The smallest absolute Gasteiger partial charge is 0.191 e.